The van der Waals surface area contributed by atoms with E-state index in [9.17, 15) is 9.59 Å². The highest BCUT2D eigenvalue weighted by molar-refractivity contribution is 6.36. The fourth-order valence-corrected chi connectivity index (χ4v) is 4.52. The van der Waals surface area contributed by atoms with Crippen LogP contribution in [-0.4, -0.2) is 35.4 Å². The lowest BCUT2D eigenvalue weighted by molar-refractivity contribution is -0.141. The van der Waals surface area contributed by atoms with Gasteiger partial charge in [0.2, 0.25) is 11.8 Å². The van der Waals surface area contributed by atoms with Gasteiger partial charge in [0, 0.05) is 46.1 Å². The summed E-state index contributed by atoms with van der Waals surface area (Å²) < 4.78 is 5.75. The molecule has 0 saturated heterocycles. The highest BCUT2D eigenvalue weighted by Gasteiger charge is 2.31. The number of benzene rings is 3. The van der Waals surface area contributed by atoms with Gasteiger partial charge in [0.1, 0.15) is 11.8 Å². The third kappa shape index (κ3) is 8.96. The third-order valence-electron chi connectivity index (χ3n) is 5.71. The van der Waals surface area contributed by atoms with Crippen LogP contribution in [0.3, 0.4) is 0 Å². The molecular weight excluding hydrogens is 531 g/mol. The Hall–Kier alpha value is -2.73. The number of halogens is 3. The quantitative estimate of drug-likeness (QED) is 0.243. The van der Waals surface area contributed by atoms with Crippen LogP contribution in [0, 0.1) is 0 Å². The van der Waals surface area contributed by atoms with Crippen molar-refractivity contribution in [2.45, 2.75) is 51.7 Å². The fourth-order valence-electron chi connectivity index (χ4n) is 3.88. The molecule has 0 aliphatic carbocycles. The molecule has 0 unspecified atom stereocenters. The second-order valence-electron chi connectivity index (χ2n) is 9.00. The van der Waals surface area contributed by atoms with Crippen LogP contribution in [-0.2, 0) is 22.6 Å². The van der Waals surface area contributed by atoms with E-state index in [1.54, 1.807) is 47.4 Å². The Labute approximate surface area is 233 Å². The molecule has 3 aromatic rings. The summed E-state index contributed by atoms with van der Waals surface area (Å²) in [6, 6.07) is 21.1. The van der Waals surface area contributed by atoms with Crippen molar-refractivity contribution >= 4 is 46.6 Å². The van der Waals surface area contributed by atoms with Gasteiger partial charge >= 0.3 is 0 Å². The summed E-state index contributed by atoms with van der Waals surface area (Å²) in [5.74, 6) is 0.262. The SMILES string of the molecule is CC(C)NC(=O)[C@H](Cc1ccccc1)N(Cc1c(Cl)cccc1Cl)C(=O)CCCOc1ccc(Cl)cc1. The van der Waals surface area contributed by atoms with Gasteiger partial charge < -0.3 is 15.0 Å². The van der Waals surface area contributed by atoms with E-state index in [0.717, 1.165) is 5.56 Å². The Morgan fingerprint density at radius 3 is 2.16 bits per heavy atom. The number of carbonyl (C=O) groups excluding carboxylic acids is 2. The van der Waals surface area contributed by atoms with Crippen molar-refractivity contribution in [2.24, 2.45) is 0 Å². The van der Waals surface area contributed by atoms with Gasteiger partial charge in [-0.05, 0) is 62.2 Å². The van der Waals surface area contributed by atoms with Crippen LogP contribution in [0.5, 0.6) is 5.75 Å². The number of hydrogen-bond acceptors (Lipinski definition) is 3. The van der Waals surface area contributed by atoms with Crippen molar-refractivity contribution in [3.63, 3.8) is 0 Å². The van der Waals surface area contributed by atoms with Gasteiger partial charge in [-0.2, -0.15) is 0 Å². The average molecular weight is 562 g/mol. The molecule has 0 bridgehead atoms. The van der Waals surface area contributed by atoms with Gasteiger partial charge in [-0.1, -0.05) is 71.2 Å². The van der Waals surface area contributed by atoms with E-state index in [1.165, 1.54) is 0 Å². The second kappa shape index (κ2) is 14.3. The van der Waals surface area contributed by atoms with E-state index in [2.05, 4.69) is 5.32 Å². The summed E-state index contributed by atoms with van der Waals surface area (Å²) in [6.45, 7) is 4.24. The maximum atomic E-state index is 13.6. The van der Waals surface area contributed by atoms with Crippen molar-refractivity contribution in [1.29, 1.82) is 0 Å². The zero-order valence-corrected chi connectivity index (χ0v) is 23.2. The lowest BCUT2D eigenvalue weighted by Crippen LogP contribution is -2.51. The first-order chi connectivity index (χ1) is 17.7. The predicted octanol–water partition coefficient (Wildman–Crippen LogP) is 6.97. The highest BCUT2D eigenvalue weighted by Crippen LogP contribution is 2.27. The van der Waals surface area contributed by atoms with Gasteiger partial charge in [0.15, 0.2) is 0 Å². The van der Waals surface area contributed by atoms with Crippen LogP contribution in [0.1, 0.15) is 37.8 Å². The molecule has 0 aromatic heterocycles. The lowest BCUT2D eigenvalue weighted by atomic mass is 10.0. The first-order valence-corrected chi connectivity index (χ1v) is 13.3. The smallest absolute Gasteiger partial charge is 0.243 e. The Balaban J connectivity index is 1.83. The van der Waals surface area contributed by atoms with E-state index in [4.69, 9.17) is 39.5 Å². The van der Waals surface area contributed by atoms with Crippen LogP contribution < -0.4 is 10.1 Å². The summed E-state index contributed by atoms with van der Waals surface area (Å²) in [7, 11) is 0. The Morgan fingerprint density at radius 2 is 1.54 bits per heavy atom. The molecule has 196 valence electrons. The lowest BCUT2D eigenvalue weighted by Gasteiger charge is -2.32. The molecule has 0 aliphatic rings. The number of nitrogens with one attached hydrogen (secondary N) is 1. The maximum Gasteiger partial charge on any atom is 0.243 e. The first kappa shape index (κ1) is 28.8. The van der Waals surface area contributed by atoms with E-state index < -0.39 is 6.04 Å². The number of hydrogen-bond donors (Lipinski definition) is 1. The minimum atomic E-state index is -0.748. The average Bonchev–Trinajstić information content (AvgIpc) is 2.86. The summed E-state index contributed by atoms with van der Waals surface area (Å²) in [5, 5.41) is 4.49. The molecule has 0 spiro atoms. The molecule has 0 saturated carbocycles. The highest BCUT2D eigenvalue weighted by atomic mass is 35.5. The minimum absolute atomic E-state index is 0.0839. The monoisotopic (exact) mass is 560 g/mol. The normalized spacial score (nSPS) is 11.7. The Morgan fingerprint density at radius 1 is 0.892 bits per heavy atom. The fraction of sp³-hybridized carbons (Fsp3) is 0.310. The molecule has 3 aromatic carbocycles. The van der Waals surface area contributed by atoms with Gasteiger partial charge in [0.05, 0.1) is 6.61 Å². The first-order valence-electron chi connectivity index (χ1n) is 12.2. The molecule has 37 heavy (non-hydrogen) atoms. The van der Waals surface area contributed by atoms with Crippen LogP contribution >= 0.6 is 34.8 Å². The molecule has 1 N–H and O–H groups in total. The van der Waals surface area contributed by atoms with Crippen LogP contribution in [0.4, 0.5) is 0 Å². The molecule has 5 nitrogen and oxygen atoms in total. The number of rotatable bonds is 12. The van der Waals surface area contributed by atoms with Gasteiger partial charge in [-0.15, -0.1) is 0 Å². The van der Waals surface area contributed by atoms with Crippen LogP contribution in [0.15, 0.2) is 72.8 Å². The second-order valence-corrected chi connectivity index (χ2v) is 10.2. The third-order valence-corrected chi connectivity index (χ3v) is 6.67. The van der Waals surface area contributed by atoms with Crippen LogP contribution in [0.25, 0.3) is 0 Å². The molecule has 3 rings (SSSR count). The van der Waals surface area contributed by atoms with E-state index in [-0.39, 0.29) is 30.8 Å². The van der Waals surface area contributed by atoms with E-state index in [1.807, 2.05) is 44.2 Å². The van der Waals surface area contributed by atoms with Gasteiger partial charge in [-0.25, -0.2) is 0 Å². The summed E-state index contributed by atoms with van der Waals surface area (Å²) in [5.41, 5.74) is 1.55. The van der Waals surface area contributed by atoms with Crippen LogP contribution in [0.2, 0.25) is 15.1 Å². The maximum absolute atomic E-state index is 13.6. The largest absolute Gasteiger partial charge is 0.494 e. The van der Waals surface area contributed by atoms with Gasteiger partial charge in [0.25, 0.3) is 0 Å². The molecular formula is C29H31Cl3N2O3. The number of amides is 2. The summed E-state index contributed by atoms with van der Waals surface area (Å²) in [6.07, 6.45) is 1.02. The Bertz CT molecular complexity index is 1150. The molecule has 1 atom stereocenters. The summed E-state index contributed by atoms with van der Waals surface area (Å²) >= 11 is 18.8. The van der Waals surface area contributed by atoms with Crippen molar-refractivity contribution < 1.29 is 14.3 Å². The molecule has 8 heteroatoms. The van der Waals surface area contributed by atoms with Crippen molar-refractivity contribution in [2.75, 3.05) is 6.61 Å². The molecule has 0 heterocycles. The topological polar surface area (TPSA) is 58.6 Å². The minimum Gasteiger partial charge on any atom is -0.494 e. The van der Waals surface area contributed by atoms with Gasteiger partial charge in [-0.3, -0.25) is 9.59 Å². The van der Waals surface area contributed by atoms with E-state index in [0.29, 0.717) is 45.8 Å². The Kier molecular flexibility index (Phi) is 11.1. The number of nitrogens with zero attached hydrogens (tertiary/aromatic N) is 1. The molecule has 0 aliphatic heterocycles. The molecule has 0 fully saturated rings. The zero-order chi connectivity index (χ0) is 26.8. The molecule has 2 amide bonds. The summed E-state index contributed by atoms with van der Waals surface area (Å²) in [4.78, 5) is 28.6. The number of carbonyl (C=O) groups is 2. The predicted molar refractivity (Wildman–Crippen MR) is 150 cm³/mol. The number of ether oxygens (including phenoxy) is 1. The molecule has 0 radical (unpaired) electrons. The standard InChI is InChI=1S/C29H31Cl3N2O3/c1-20(2)33-29(36)27(18-21-8-4-3-5-9-21)34(19-24-25(31)10-6-11-26(24)32)28(35)12-7-17-37-23-15-13-22(30)14-16-23/h3-6,8-11,13-16,20,27H,7,12,17-19H2,1-2H3,(H,33,36)/t27-/m0/s1. The van der Waals surface area contributed by atoms with E-state index >= 15 is 0 Å². The van der Waals surface area contributed by atoms with Crippen molar-refractivity contribution in [3.05, 3.63) is 99.0 Å². The zero-order valence-electron chi connectivity index (χ0n) is 20.9. The van der Waals surface area contributed by atoms with Crippen molar-refractivity contribution in [1.82, 2.24) is 10.2 Å². The van der Waals surface area contributed by atoms with Crippen molar-refractivity contribution in [3.8, 4) is 5.75 Å².